The van der Waals surface area contributed by atoms with E-state index in [0.717, 1.165) is 43.6 Å². The van der Waals surface area contributed by atoms with Crippen LogP contribution in [0.3, 0.4) is 0 Å². The molecule has 3 aliphatic rings. The molecule has 4 heterocycles. The van der Waals surface area contributed by atoms with Crippen molar-refractivity contribution in [3.8, 4) is 0 Å². The molecule has 2 aliphatic heterocycles. The topological polar surface area (TPSA) is 84.5 Å². The molecule has 5 rings (SSSR count). The van der Waals surface area contributed by atoms with Gasteiger partial charge >= 0.3 is 0 Å². The van der Waals surface area contributed by atoms with Gasteiger partial charge in [-0.1, -0.05) is 12.5 Å². The van der Waals surface area contributed by atoms with Crippen molar-refractivity contribution < 1.29 is 14.0 Å². The maximum absolute atomic E-state index is 12.9. The summed E-state index contributed by atoms with van der Waals surface area (Å²) in [6, 6.07) is 9.46. The molecular formula is C25H31N3O4. The van der Waals surface area contributed by atoms with E-state index in [2.05, 4.69) is 5.32 Å². The Bertz CT molecular complexity index is 1030. The highest BCUT2D eigenvalue weighted by Crippen LogP contribution is 2.35. The van der Waals surface area contributed by atoms with Crippen molar-refractivity contribution in [2.45, 2.75) is 63.5 Å². The van der Waals surface area contributed by atoms with Gasteiger partial charge in [-0.3, -0.25) is 14.4 Å². The Balaban J connectivity index is 1.13. The summed E-state index contributed by atoms with van der Waals surface area (Å²) in [5.41, 5.74) is 1.08. The van der Waals surface area contributed by atoms with Crippen LogP contribution in [0, 0.1) is 11.8 Å². The van der Waals surface area contributed by atoms with E-state index in [0.29, 0.717) is 31.5 Å². The van der Waals surface area contributed by atoms with Crippen molar-refractivity contribution >= 4 is 11.8 Å². The predicted molar refractivity (Wildman–Crippen MR) is 119 cm³/mol. The van der Waals surface area contributed by atoms with E-state index in [4.69, 9.17) is 4.42 Å². The van der Waals surface area contributed by atoms with E-state index in [1.54, 1.807) is 12.3 Å². The van der Waals surface area contributed by atoms with Gasteiger partial charge in [0.2, 0.25) is 11.8 Å². The van der Waals surface area contributed by atoms with Crippen molar-refractivity contribution in [1.29, 1.82) is 0 Å². The van der Waals surface area contributed by atoms with Crippen LogP contribution in [-0.4, -0.2) is 40.4 Å². The average molecular weight is 438 g/mol. The molecule has 0 unspecified atom stereocenters. The number of carbonyl (C=O) groups is 2. The maximum Gasteiger partial charge on any atom is 0.250 e. The quantitative estimate of drug-likeness (QED) is 0.753. The van der Waals surface area contributed by atoms with E-state index in [1.807, 2.05) is 33.7 Å². The van der Waals surface area contributed by atoms with Crippen LogP contribution in [0.4, 0.5) is 0 Å². The molecule has 1 aliphatic carbocycles. The molecule has 2 bridgehead atoms. The Morgan fingerprint density at radius 1 is 1.06 bits per heavy atom. The molecular weight excluding hydrogens is 406 g/mol. The number of carbonyl (C=O) groups excluding carboxylic acids is 2. The Morgan fingerprint density at radius 3 is 2.81 bits per heavy atom. The molecule has 170 valence electrons. The molecule has 1 N–H and O–H groups in total. The van der Waals surface area contributed by atoms with Crippen LogP contribution in [0.1, 0.15) is 55.9 Å². The number of hydrogen-bond donors (Lipinski definition) is 1. The van der Waals surface area contributed by atoms with Gasteiger partial charge in [0, 0.05) is 62.6 Å². The third kappa shape index (κ3) is 4.38. The molecule has 0 radical (unpaired) electrons. The van der Waals surface area contributed by atoms with E-state index in [1.165, 1.54) is 0 Å². The third-order valence-electron chi connectivity index (χ3n) is 7.45. The van der Waals surface area contributed by atoms with Gasteiger partial charge in [0.05, 0.1) is 6.26 Å². The van der Waals surface area contributed by atoms with Gasteiger partial charge in [-0.25, -0.2) is 0 Å². The Morgan fingerprint density at radius 2 is 1.97 bits per heavy atom. The average Bonchev–Trinajstić information content (AvgIpc) is 3.45. The summed E-state index contributed by atoms with van der Waals surface area (Å²) in [4.78, 5) is 39.6. The molecule has 2 aromatic rings. The highest BCUT2D eigenvalue weighted by Gasteiger charge is 2.36. The highest BCUT2D eigenvalue weighted by molar-refractivity contribution is 5.84. The number of pyridine rings is 1. The van der Waals surface area contributed by atoms with Gasteiger partial charge < -0.3 is 19.2 Å². The molecule has 2 aromatic heterocycles. The molecule has 1 saturated heterocycles. The van der Waals surface area contributed by atoms with Crippen LogP contribution in [-0.2, 0) is 22.6 Å². The molecule has 7 nitrogen and oxygen atoms in total. The summed E-state index contributed by atoms with van der Waals surface area (Å²) in [5.74, 6) is 1.87. The molecule has 7 heteroatoms. The second kappa shape index (κ2) is 8.96. The molecule has 2 fully saturated rings. The zero-order valence-electron chi connectivity index (χ0n) is 18.4. The maximum atomic E-state index is 12.9. The number of nitrogens with zero attached hydrogens (tertiary/aromatic N) is 2. The third-order valence-corrected chi connectivity index (χ3v) is 7.45. The van der Waals surface area contributed by atoms with Crippen molar-refractivity contribution in [3.05, 3.63) is 58.4 Å². The number of fused-ring (bicyclic) bond motifs is 4. The zero-order valence-corrected chi connectivity index (χ0v) is 18.4. The fourth-order valence-electron chi connectivity index (χ4n) is 5.92. The summed E-state index contributed by atoms with van der Waals surface area (Å²) in [6.07, 6.45) is 7.20. The normalized spacial score (nSPS) is 26.6. The molecule has 0 spiro atoms. The van der Waals surface area contributed by atoms with Crippen LogP contribution >= 0.6 is 0 Å². The van der Waals surface area contributed by atoms with E-state index in [-0.39, 0.29) is 42.2 Å². The number of furan rings is 1. The second-order valence-electron chi connectivity index (χ2n) is 9.65. The molecule has 1 saturated carbocycles. The van der Waals surface area contributed by atoms with E-state index >= 15 is 0 Å². The fraction of sp³-hybridized carbons (Fsp3) is 0.560. The minimum absolute atomic E-state index is 0.0382. The van der Waals surface area contributed by atoms with Crippen LogP contribution in [0.15, 0.2) is 45.8 Å². The number of amides is 2. The number of likely N-dealkylation sites (tertiary alicyclic amines) is 1. The van der Waals surface area contributed by atoms with Gasteiger partial charge in [-0.2, -0.15) is 0 Å². The van der Waals surface area contributed by atoms with Crippen molar-refractivity contribution in [2.75, 3.05) is 13.1 Å². The van der Waals surface area contributed by atoms with Gasteiger partial charge in [0.25, 0.3) is 5.56 Å². The number of hydrogen-bond acceptors (Lipinski definition) is 4. The highest BCUT2D eigenvalue weighted by atomic mass is 16.3. The summed E-state index contributed by atoms with van der Waals surface area (Å²) < 4.78 is 7.34. The number of piperidine rings is 1. The summed E-state index contributed by atoms with van der Waals surface area (Å²) in [5, 5.41) is 3.17. The molecule has 4 atom stereocenters. The fourth-order valence-corrected chi connectivity index (χ4v) is 5.92. The lowest BCUT2D eigenvalue weighted by molar-refractivity contribution is -0.136. The predicted octanol–water partition coefficient (Wildman–Crippen LogP) is 2.69. The second-order valence-corrected chi connectivity index (χ2v) is 9.65. The first-order valence-electron chi connectivity index (χ1n) is 11.9. The number of aromatic nitrogens is 1. The molecule has 2 amide bonds. The van der Waals surface area contributed by atoms with Gasteiger partial charge in [-0.05, 0) is 49.3 Å². The first-order valence-corrected chi connectivity index (χ1v) is 11.9. The number of rotatable bonds is 6. The SMILES string of the molecule is O=C(CCC(=O)N1C[C@@H]2C[C@H](C1)c1cccc(=O)n1C2)N[C@@H]1CCC[C@H]1Cc1ccco1. The Labute approximate surface area is 187 Å². The van der Waals surface area contributed by atoms with Crippen LogP contribution in [0.5, 0.6) is 0 Å². The van der Waals surface area contributed by atoms with Crippen molar-refractivity contribution in [2.24, 2.45) is 11.8 Å². The van der Waals surface area contributed by atoms with Crippen LogP contribution < -0.4 is 10.9 Å². The first kappa shape index (κ1) is 21.0. The summed E-state index contributed by atoms with van der Waals surface area (Å²) >= 11 is 0. The molecule has 0 aromatic carbocycles. The lowest BCUT2D eigenvalue weighted by Crippen LogP contribution is -2.49. The monoisotopic (exact) mass is 437 g/mol. The first-order chi connectivity index (χ1) is 15.6. The molecule has 32 heavy (non-hydrogen) atoms. The van der Waals surface area contributed by atoms with E-state index < -0.39 is 0 Å². The Kier molecular flexibility index (Phi) is 5.89. The summed E-state index contributed by atoms with van der Waals surface area (Å²) in [7, 11) is 0. The lowest BCUT2D eigenvalue weighted by Gasteiger charge is -2.42. The minimum atomic E-state index is -0.0382. The largest absolute Gasteiger partial charge is 0.469 e. The van der Waals surface area contributed by atoms with Gasteiger partial charge in [0.15, 0.2) is 0 Å². The minimum Gasteiger partial charge on any atom is -0.469 e. The lowest BCUT2D eigenvalue weighted by atomic mass is 9.83. The Hall–Kier alpha value is -2.83. The van der Waals surface area contributed by atoms with E-state index in [9.17, 15) is 14.4 Å². The van der Waals surface area contributed by atoms with Gasteiger partial charge in [-0.15, -0.1) is 0 Å². The van der Waals surface area contributed by atoms with Crippen LogP contribution in [0.25, 0.3) is 0 Å². The van der Waals surface area contributed by atoms with Crippen LogP contribution in [0.2, 0.25) is 0 Å². The number of nitrogens with one attached hydrogen (secondary N) is 1. The summed E-state index contributed by atoms with van der Waals surface area (Å²) in [6.45, 7) is 1.98. The van der Waals surface area contributed by atoms with Gasteiger partial charge in [0.1, 0.15) is 5.76 Å². The van der Waals surface area contributed by atoms with Crippen molar-refractivity contribution in [1.82, 2.24) is 14.8 Å². The van der Waals surface area contributed by atoms with Crippen molar-refractivity contribution in [3.63, 3.8) is 0 Å². The smallest absolute Gasteiger partial charge is 0.250 e. The standard InChI is InChI=1S/C25H31N3O4/c29-23(26-21-6-1-4-18(21)13-20-5-3-11-32-20)9-10-24(30)27-14-17-12-19(16-27)22-7-2-8-25(31)28(22)15-17/h2-3,5,7-8,11,17-19,21H,1,4,6,9-10,12-16H2,(H,26,29)/t17-,18-,19+,21+/m0/s1. The zero-order chi connectivity index (χ0) is 22.1.